The third-order valence-electron chi connectivity index (χ3n) is 7.33. The van der Waals surface area contributed by atoms with Crippen molar-refractivity contribution in [3.63, 3.8) is 0 Å². The Hall–Kier alpha value is -4.89. The molecule has 0 saturated heterocycles. The Bertz CT molecular complexity index is 1900. The molecule has 4 aromatic rings. The van der Waals surface area contributed by atoms with Crippen molar-refractivity contribution in [1.29, 1.82) is 5.26 Å². The molecule has 3 aromatic carbocycles. The second-order valence-electron chi connectivity index (χ2n) is 10.7. The molecule has 0 radical (unpaired) electrons. The summed E-state index contributed by atoms with van der Waals surface area (Å²) in [4.78, 5) is 54.8. The van der Waals surface area contributed by atoms with E-state index >= 15 is 0 Å². The molecular weight excluding hydrogens is 654 g/mol. The van der Waals surface area contributed by atoms with Crippen LogP contribution in [0.5, 0.6) is 0 Å². The number of hydrogen-bond donors (Lipinski definition) is 3. The zero-order valence-corrected chi connectivity index (χ0v) is 27.9. The Morgan fingerprint density at radius 1 is 1.02 bits per heavy atom. The predicted molar refractivity (Wildman–Crippen MR) is 186 cm³/mol. The molecule has 0 aliphatic carbocycles. The van der Waals surface area contributed by atoms with E-state index in [0.29, 0.717) is 51.9 Å². The first kappa shape index (κ1) is 33.5. The number of anilines is 2. The van der Waals surface area contributed by atoms with Crippen molar-refractivity contribution < 1.29 is 19.2 Å². The van der Waals surface area contributed by atoms with Crippen LogP contribution >= 0.6 is 34.7 Å². The summed E-state index contributed by atoms with van der Waals surface area (Å²) in [5.41, 5.74) is 2.90. The third-order valence-corrected chi connectivity index (χ3v) is 9.81. The van der Waals surface area contributed by atoms with Gasteiger partial charge in [0.2, 0.25) is 11.8 Å². The van der Waals surface area contributed by atoms with Gasteiger partial charge in [0.15, 0.2) is 0 Å². The summed E-state index contributed by atoms with van der Waals surface area (Å²) in [6, 6.07) is 24.7. The minimum absolute atomic E-state index is 0.0256. The number of nitrogens with zero attached hydrogens (tertiary/aromatic N) is 2. The van der Waals surface area contributed by atoms with Crippen molar-refractivity contribution in [2.75, 3.05) is 17.2 Å². The average molecular weight is 684 g/mol. The van der Waals surface area contributed by atoms with Gasteiger partial charge in [0.05, 0.1) is 17.4 Å². The van der Waals surface area contributed by atoms with Crippen molar-refractivity contribution in [3.8, 4) is 6.07 Å². The largest absolute Gasteiger partial charge is 0.337 e. The first-order chi connectivity index (χ1) is 22.6. The van der Waals surface area contributed by atoms with Gasteiger partial charge in [-0.3, -0.25) is 19.2 Å². The van der Waals surface area contributed by atoms with E-state index in [9.17, 15) is 24.4 Å². The molecule has 1 aliphatic heterocycles. The minimum Gasteiger partial charge on any atom is -0.337 e. The summed E-state index contributed by atoms with van der Waals surface area (Å²) in [5, 5.41) is 18.8. The fourth-order valence-electron chi connectivity index (χ4n) is 4.86. The van der Waals surface area contributed by atoms with E-state index < -0.39 is 17.1 Å². The molecule has 9 nitrogen and oxygen atoms in total. The lowest BCUT2D eigenvalue weighted by atomic mass is 10.0. The molecule has 4 amide bonds. The lowest BCUT2D eigenvalue weighted by Crippen LogP contribution is -2.33. The van der Waals surface area contributed by atoms with Crippen molar-refractivity contribution >= 4 is 75.1 Å². The Balaban J connectivity index is 1.27. The van der Waals surface area contributed by atoms with Gasteiger partial charge in [0.25, 0.3) is 11.8 Å². The molecule has 238 valence electrons. The van der Waals surface area contributed by atoms with Gasteiger partial charge in [0, 0.05) is 39.5 Å². The van der Waals surface area contributed by atoms with Gasteiger partial charge in [-0.25, -0.2) is 0 Å². The molecule has 12 heteroatoms. The number of nitrogens with one attached hydrogen (secondary N) is 3. The summed E-state index contributed by atoms with van der Waals surface area (Å²) in [6.45, 7) is 4.24. The summed E-state index contributed by atoms with van der Waals surface area (Å²) < 4.78 is 0. The van der Waals surface area contributed by atoms with Gasteiger partial charge in [0.1, 0.15) is 16.8 Å². The van der Waals surface area contributed by atoms with Crippen molar-refractivity contribution in [2.45, 2.75) is 37.0 Å². The second-order valence-corrected chi connectivity index (χ2v) is 13.6. The maximum atomic E-state index is 13.5. The van der Waals surface area contributed by atoms with Crippen molar-refractivity contribution in [1.82, 2.24) is 10.2 Å². The summed E-state index contributed by atoms with van der Waals surface area (Å²) >= 11 is 8.64. The summed E-state index contributed by atoms with van der Waals surface area (Å²) in [6.07, 6.45) is 2.13. The highest BCUT2D eigenvalue weighted by Gasteiger charge is 2.27. The monoisotopic (exact) mass is 683 g/mol. The highest BCUT2D eigenvalue weighted by atomic mass is 35.5. The van der Waals surface area contributed by atoms with Crippen LogP contribution in [0.1, 0.15) is 45.8 Å². The molecule has 47 heavy (non-hydrogen) atoms. The van der Waals surface area contributed by atoms with E-state index in [1.165, 1.54) is 30.0 Å². The summed E-state index contributed by atoms with van der Waals surface area (Å²) in [7, 11) is 0. The number of carbonyl (C=O) groups is 4. The molecule has 1 unspecified atom stereocenters. The lowest BCUT2D eigenvalue weighted by Gasteiger charge is -2.25. The maximum absolute atomic E-state index is 13.5. The second kappa shape index (κ2) is 15.1. The molecule has 1 aliphatic rings. The van der Waals surface area contributed by atoms with Crippen LogP contribution in [-0.2, 0) is 27.3 Å². The SMILES string of the molecule is CC(=O)N1CCc2c(sc(NC(=O)C(C)Sc3cccc(NC(=O)/C(=C\c4ccc(Cl)cc4)NC(=O)c4ccccc4)c3)c2C#N)C1. The van der Waals surface area contributed by atoms with E-state index in [1.54, 1.807) is 90.7 Å². The van der Waals surface area contributed by atoms with Crippen LogP contribution in [0, 0.1) is 11.3 Å². The molecule has 2 heterocycles. The number of carbonyl (C=O) groups excluding carboxylic acids is 4. The molecule has 5 rings (SSSR count). The summed E-state index contributed by atoms with van der Waals surface area (Å²) in [5.74, 6) is -1.28. The third kappa shape index (κ3) is 8.48. The lowest BCUT2D eigenvalue weighted by molar-refractivity contribution is -0.129. The first-order valence-corrected chi connectivity index (χ1v) is 16.7. The Kier molecular flexibility index (Phi) is 10.8. The number of benzene rings is 3. The molecule has 1 atom stereocenters. The molecule has 0 spiro atoms. The van der Waals surface area contributed by atoms with Gasteiger partial charge >= 0.3 is 0 Å². The Morgan fingerprint density at radius 3 is 2.47 bits per heavy atom. The van der Waals surface area contributed by atoms with Crippen molar-refractivity contribution in [3.05, 3.63) is 117 Å². The molecule has 0 saturated carbocycles. The van der Waals surface area contributed by atoms with Gasteiger partial charge in [-0.1, -0.05) is 48.0 Å². The van der Waals surface area contributed by atoms with E-state index in [4.69, 9.17) is 11.6 Å². The highest BCUT2D eigenvalue weighted by molar-refractivity contribution is 8.00. The van der Waals surface area contributed by atoms with Gasteiger partial charge in [-0.2, -0.15) is 5.26 Å². The topological polar surface area (TPSA) is 131 Å². The van der Waals surface area contributed by atoms with Gasteiger partial charge in [-0.05, 0) is 73.0 Å². The van der Waals surface area contributed by atoms with E-state index in [1.807, 2.05) is 6.07 Å². The quantitative estimate of drug-likeness (QED) is 0.133. The average Bonchev–Trinajstić information content (AvgIpc) is 3.41. The van der Waals surface area contributed by atoms with E-state index in [0.717, 1.165) is 15.3 Å². The number of thioether (sulfide) groups is 1. The normalized spacial score (nSPS) is 13.1. The van der Waals surface area contributed by atoms with Crippen LogP contribution in [0.25, 0.3) is 6.08 Å². The number of rotatable bonds is 9. The van der Waals surface area contributed by atoms with Gasteiger partial charge in [-0.15, -0.1) is 23.1 Å². The highest BCUT2D eigenvalue weighted by Crippen LogP contribution is 2.37. The number of amides is 4. The minimum atomic E-state index is -0.536. The van der Waals surface area contributed by atoms with E-state index in [-0.39, 0.29) is 17.5 Å². The fourth-order valence-corrected chi connectivity index (χ4v) is 7.13. The van der Waals surface area contributed by atoms with Crippen LogP contribution in [-0.4, -0.2) is 40.3 Å². The molecule has 1 aromatic heterocycles. The van der Waals surface area contributed by atoms with Crippen LogP contribution in [0.15, 0.2) is 89.5 Å². The fraction of sp³-hybridized carbons (Fsp3) is 0.171. The zero-order valence-electron chi connectivity index (χ0n) is 25.5. The Morgan fingerprint density at radius 2 is 1.77 bits per heavy atom. The number of thiophene rings is 1. The smallest absolute Gasteiger partial charge is 0.272 e. The number of halogens is 1. The van der Waals surface area contributed by atoms with E-state index in [2.05, 4.69) is 22.0 Å². The van der Waals surface area contributed by atoms with Gasteiger partial charge < -0.3 is 20.9 Å². The first-order valence-electron chi connectivity index (χ1n) is 14.6. The molecular formula is C35H30ClN5O4S2. The number of nitriles is 1. The van der Waals surface area contributed by atoms with Crippen LogP contribution < -0.4 is 16.0 Å². The molecule has 0 fully saturated rings. The standard InChI is InChI=1S/C35H30ClN5O4S2/c1-21(32(43)40-35-29(19-37)28-15-16-41(22(2)42)20-31(28)47-35)46-27-10-6-9-26(18-27)38-34(45)30(17-23-11-13-25(36)14-12-23)39-33(44)24-7-4-3-5-8-24/h3-14,17-18,21H,15-16,20H2,1-2H3,(H,38,45)(H,39,44)(H,40,43)/b30-17+. The zero-order chi connectivity index (χ0) is 33.5. The predicted octanol–water partition coefficient (Wildman–Crippen LogP) is 6.71. The number of fused-ring (bicyclic) bond motifs is 1. The maximum Gasteiger partial charge on any atom is 0.272 e. The van der Waals surface area contributed by atoms with Crippen molar-refractivity contribution in [2.24, 2.45) is 0 Å². The van der Waals surface area contributed by atoms with Crippen LogP contribution in [0.2, 0.25) is 5.02 Å². The Labute approximate surface area is 285 Å². The molecule has 0 bridgehead atoms. The molecule has 3 N–H and O–H groups in total. The van der Waals surface area contributed by atoms with Crippen LogP contribution in [0.4, 0.5) is 10.7 Å². The number of hydrogen-bond acceptors (Lipinski definition) is 7. The van der Waals surface area contributed by atoms with Crippen LogP contribution in [0.3, 0.4) is 0 Å².